The predicted molar refractivity (Wildman–Crippen MR) is 72.5 cm³/mol. The summed E-state index contributed by atoms with van der Waals surface area (Å²) >= 11 is 2.21. The molecule has 1 aromatic carbocycles. The van der Waals surface area contributed by atoms with Gasteiger partial charge in [0, 0.05) is 15.7 Å². The van der Waals surface area contributed by atoms with E-state index < -0.39 is 0 Å². The van der Waals surface area contributed by atoms with Gasteiger partial charge in [0.1, 0.15) is 0 Å². The normalized spacial score (nSPS) is 24.4. The molecular weight excluding hydrogens is 315 g/mol. The van der Waals surface area contributed by atoms with Crippen LogP contribution < -0.4 is 10.6 Å². The van der Waals surface area contributed by atoms with Crippen molar-refractivity contribution < 1.29 is 4.79 Å². The van der Waals surface area contributed by atoms with Crippen LogP contribution in [0.15, 0.2) is 24.3 Å². The minimum absolute atomic E-state index is 0.0183. The molecule has 1 saturated heterocycles. The molecule has 1 aliphatic heterocycles. The summed E-state index contributed by atoms with van der Waals surface area (Å²) in [6, 6.07) is 7.65. The highest BCUT2D eigenvalue weighted by Crippen LogP contribution is 2.15. The number of carbonyl (C=O) groups excluding carboxylic acids is 1. The maximum absolute atomic E-state index is 12.0. The van der Waals surface area contributed by atoms with Gasteiger partial charge < -0.3 is 10.6 Å². The average Bonchev–Trinajstić information content (AvgIpc) is 2.65. The Morgan fingerprint density at radius 1 is 1.56 bits per heavy atom. The number of nitrogens with one attached hydrogen (secondary N) is 2. The van der Waals surface area contributed by atoms with Crippen LogP contribution in [0.2, 0.25) is 0 Å². The van der Waals surface area contributed by atoms with Crippen LogP contribution in [0.3, 0.4) is 0 Å². The molecule has 2 N–H and O–H groups in total. The van der Waals surface area contributed by atoms with E-state index in [2.05, 4.69) is 40.1 Å². The molecule has 0 aromatic heterocycles. The molecule has 2 rings (SSSR count). The van der Waals surface area contributed by atoms with Crippen molar-refractivity contribution in [3.05, 3.63) is 33.4 Å². The Bertz CT molecular complexity index is 400. The number of hydrogen-bond donors (Lipinski definition) is 2. The van der Waals surface area contributed by atoms with Crippen LogP contribution in [0.1, 0.15) is 23.7 Å². The second kappa shape index (κ2) is 4.71. The van der Waals surface area contributed by atoms with E-state index in [9.17, 15) is 4.79 Å². The van der Waals surface area contributed by atoms with E-state index in [0.29, 0.717) is 0 Å². The van der Waals surface area contributed by atoms with Crippen molar-refractivity contribution in [3.63, 3.8) is 0 Å². The molecule has 16 heavy (non-hydrogen) atoms. The van der Waals surface area contributed by atoms with Crippen molar-refractivity contribution >= 4 is 28.5 Å². The number of hydrogen-bond acceptors (Lipinski definition) is 2. The molecule has 1 unspecified atom stereocenters. The first-order valence-corrected chi connectivity index (χ1v) is 6.46. The van der Waals surface area contributed by atoms with Gasteiger partial charge in [0.05, 0.1) is 5.54 Å². The lowest BCUT2D eigenvalue weighted by molar-refractivity contribution is 0.0913. The van der Waals surface area contributed by atoms with Gasteiger partial charge >= 0.3 is 0 Å². The van der Waals surface area contributed by atoms with E-state index in [1.165, 1.54) is 0 Å². The maximum atomic E-state index is 12.0. The largest absolute Gasteiger partial charge is 0.346 e. The summed E-state index contributed by atoms with van der Waals surface area (Å²) in [5.41, 5.74) is 0.637. The molecule has 1 atom stereocenters. The highest BCUT2D eigenvalue weighted by molar-refractivity contribution is 14.1. The van der Waals surface area contributed by atoms with E-state index in [-0.39, 0.29) is 11.4 Å². The first kappa shape index (κ1) is 11.9. The Balaban J connectivity index is 2.08. The quantitative estimate of drug-likeness (QED) is 0.812. The molecule has 4 heteroatoms. The number of amides is 1. The zero-order chi connectivity index (χ0) is 11.6. The molecule has 86 valence electrons. The minimum atomic E-state index is -0.0988. The molecular formula is C12H15IN2O. The third-order valence-corrected chi connectivity index (χ3v) is 3.54. The molecule has 0 aliphatic carbocycles. The predicted octanol–water partition coefficient (Wildman–Crippen LogP) is 1.77. The van der Waals surface area contributed by atoms with Gasteiger partial charge in [-0.15, -0.1) is 0 Å². The van der Waals surface area contributed by atoms with Crippen LogP contribution >= 0.6 is 22.6 Å². The number of halogens is 1. The average molecular weight is 330 g/mol. The second-order valence-electron chi connectivity index (χ2n) is 4.45. The second-order valence-corrected chi connectivity index (χ2v) is 5.70. The SMILES string of the molecule is CC1(NC(=O)c2cccc(I)c2)CCNC1. The Morgan fingerprint density at radius 2 is 2.38 bits per heavy atom. The molecule has 0 radical (unpaired) electrons. The van der Waals surface area contributed by atoms with Crippen molar-refractivity contribution in [3.8, 4) is 0 Å². The summed E-state index contributed by atoms with van der Waals surface area (Å²) in [6.45, 7) is 3.91. The fourth-order valence-electron chi connectivity index (χ4n) is 1.90. The highest BCUT2D eigenvalue weighted by atomic mass is 127. The topological polar surface area (TPSA) is 41.1 Å². The van der Waals surface area contributed by atoms with E-state index in [0.717, 1.165) is 28.6 Å². The summed E-state index contributed by atoms with van der Waals surface area (Å²) in [5.74, 6) is 0.0183. The Hall–Kier alpha value is -0.620. The van der Waals surface area contributed by atoms with Crippen LogP contribution in [0, 0.1) is 3.57 Å². The van der Waals surface area contributed by atoms with Crippen molar-refractivity contribution in [2.75, 3.05) is 13.1 Å². The van der Waals surface area contributed by atoms with Gasteiger partial charge in [-0.25, -0.2) is 0 Å². The van der Waals surface area contributed by atoms with E-state index >= 15 is 0 Å². The molecule has 1 aliphatic rings. The van der Waals surface area contributed by atoms with Gasteiger partial charge in [-0.2, -0.15) is 0 Å². The molecule has 0 spiro atoms. The van der Waals surface area contributed by atoms with Crippen LogP contribution in [-0.2, 0) is 0 Å². The Kier molecular flexibility index (Phi) is 3.49. The third kappa shape index (κ3) is 2.74. The van der Waals surface area contributed by atoms with Crippen molar-refractivity contribution in [2.24, 2.45) is 0 Å². The fourth-order valence-corrected chi connectivity index (χ4v) is 2.44. The summed E-state index contributed by atoms with van der Waals surface area (Å²) in [7, 11) is 0. The first-order valence-electron chi connectivity index (χ1n) is 5.38. The zero-order valence-corrected chi connectivity index (χ0v) is 11.4. The minimum Gasteiger partial charge on any atom is -0.346 e. The fraction of sp³-hybridized carbons (Fsp3) is 0.417. The van der Waals surface area contributed by atoms with Crippen LogP contribution in [-0.4, -0.2) is 24.5 Å². The molecule has 1 heterocycles. The first-order chi connectivity index (χ1) is 7.59. The summed E-state index contributed by atoms with van der Waals surface area (Å²) < 4.78 is 1.08. The number of rotatable bonds is 2. The lowest BCUT2D eigenvalue weighted by atomic mass is 10.0. The molecule has 3 nitrogen and oxygen atoms in total. The van der Waals surface area contributed by atoms with Gasteiger partial charge in [-0.1, -0.05) is 6.07 Å². The summed E-state index contributed by atoms with van der Waals surface area (Å²) in [5, 5.41) is 6.36. The Labute approximate surface area is 109 Å². The van der Waals surface area contributed by atoms with Gasteiger partial charge in [0.2, 0.25) is 0 Å². The number of carbonyl (C=O) groups is 1. The third-order valence-electron chi connectivity index (χ3n) is 2.87. The molecule has 0 saturated carbocycles. The van der Waals surface area contributed by atoms with Crippen molar-refractivity contribution in [1.29, 1.82) is 0 Å². The lowest BCUT2D eigenvalue weighted by Gasteiger charge is -2.24. The zero-order valence-electron chi connectivity index (χ0n) is 9.22. The summed E-state index contributed by atoms with van der Waals surface area (Å²) in [6.07, 6.45) is 0.989. The monoisotopic (exact) mass is 330 g/mol. The van der Waals surface area contributed by atoms with Gasteiger partial charge in [0.25, 0.3) is 5.91 Å². The standard InChI is InChI=1S/C12H15IN2O/c1-12(5-6-14-8-12)15-11(16)9-3-2-4-10(13)7-9/h2-4,7,14H,5-6,8H2,1H3,(H,15,16). The smallest absolute Gasteiger partial charge is 0.251 e. The van der Waals surface area contributed by atoms with Crippen molar-refractivity contribution in [1.82, 2.24) is 10.6 Å². The molecule has 1 amide bonds. The lowest BCUT2D eigenvalue weighted by Crippen LogP contribution is -2.47. The van der Waals surface area contributed by atoms with Crippen molar-refractivity contribution in [2.45, 2.75) is 18.9 Å². The number of benzene rings is 1. The van der Waals surface area contributed by atoms with E-state index in [1.807, 2.05) is 24.3 Å². The summed E-state index contributed by atoms with van der Waals surface area (Å²) in [4.78, 5) is 12.0. The molecule has 1 aromatic rings. The van der Waals surface area contributed by atoms with E-state index in [1.54, 1.807) is 0 Å². The highest BCUT2D eigenvalue weighted by Gasteiger charge is 2.30. The van der Waals surface area contributed by atoms with Crippen LogP contribution in [0.5, 0.6) is 0 Å². The molecule has 1 fully saturated rings. The van der Waals surface area contributed by atoms with Crippen LogP contribution in [0.25, 0.3) is 0 Å². The maximum Gasteiger partial charge on any atom is 0.251 e. The van der Waals surface area contributed by atoms with Gasteiger partial charge in [-0.3, -0.25) is 4.79 Å². The van der Waals surface area contributed by atoms with Gasteiger partial charge in [0.15, 0.2) is 0 Å². The molecule has 0 bridgehead atoms. The van der Waals surface area contributed by atoms with Gasteiger partial charge in [-0.05, 0) is 60.7 Å². The Morgan fingerprint density at radius 3 is 3.00 bits per heavy atom. The van der Waals surface area contributed by atoms with E-state index in [4.69, 9.17) is 0 Å². The van der Waals surface area contributed by atoms with Crippen LogP contribution in [0.4, 0.5) is 0 Å².